The molecule has 0 fully saturated rings. The number of imidazole rings is 1. The molecule has 80 valence electrons. The maximum Gasteiger partial charge on any atom is 0.323 e. The number of aliphatic hydroxyl groups excluding tert-OH is 1. The molecule has 1 aromatic rings. The lowest BCUT2D eigenvalue weighted by atomic mass is 9.89. The highest BCUT2D eigenvalue weighted by molar-refractivity contribution is 5.21. The van der Waals surface area contributed by atoms with Crippen molar-refractivity contribution in [3.8, 4) is 0 Å². The highest BCUT2D eigenvalue weighted by Crippen LogP contribution is 2.25. The predicted octanol–water partition coefficient (Wildman–Crippen LogP) is -0.00740. The van der Waals surface area contributed by atoms with Crippen LogP contribution in [0.1, 0.15) is 38.3 Å². The Balaban J connectivity index is 3.23. The zero-order valence-electron chi connectivity index (χ0n) is 8.72. The van der Waals surface area contributed by atoms with Crippen LogP contribution >= 0.6 is 0 Å². The first-order valence-corrected chi connectivity index (χ1v) is 4.57. The van der Waals surface area contributed by atoms with E-state index in [0.717, 1.165) is 0 Å². The van der Waals surface area contributed by atoms with Crippen LogP contribution in [-0.4, -0.2) is 21.6 Å². The normalized spacial score (nSPS) is 14.4. The molecule has 5 heteroatoms. The molecular formula is C9H17N3O2. The van der Waals surface area contributed by atoms with Gasteiger partial charge in [0, 0.05) is 17.7 Å². The summed E-state index contributed by atoms with van der Waals surface area (Å²) in [6.45, 7) is 5.97. The van der Waals surface area contributed by atoms with Crippen LogP contribution in [-0.2, 0) is 5.41 Å². The minimum absolute atomic E-state index is 0.0941. The molecule has 1 aromatic heterocycles. The molecule has 1 rings (SSSR count). The number of aromatic amines is 2. The van der Waals surface area contributed by atoms with Crippen molar-refractivity contribution < 1.29 is 5.11 Å². The lowest BCUT2D eigenvalue weighted by Gasteiger charge is -2.19. The van der Waals surface area contributed by atoms with Gasteiger partial charge in [0.25, 0.3) is 0 Å². The van der Waals surface area contributed by atoms with Crippen molar-refractivity contribution in [2.45, 2.75) is 32.3 Å². The Morgan fingerprint density at radius 2 is 2.00 bits per heavy atom. The molecule has 0 spiro atoms. The summed E-state index contributed by atoms with van der Waals surface area (Å²) in [5.74, 6) is 0. The second-order valence-electron chi connectivity index (χ2n) is 4.37. The van der Waals surface area contributed by atoms with Gasteiger partial charge in [-0.1, -0.05) is 20.8 Å². The Morgan fingerprint density at radius 1 is 1.43 bits per heavy atom. The molecule has 0 aliphatic heterocycles. The number of aromatic nitrogens is 2. The summed E-state index contributed by atoms with van der Waals surface area (Å²) in [7, 11) is 0. The maximum absolute atomic E-state index is 11.1. The Bertz CT molecular complexity index is 359. The molecule has 0 aliphatic rings. The summed E-state index contributed by atoms with van der Waals surface area (Å²) in [5.41, 5.74) is 6.01. The van der Waals surface area contributed by atoms with E-state index in [4.69, 9.17) is 5.73 Å². The molecule has 0 saturated carbocycles. The van der Waals surface area contributed by atoms with Gasteiger partial charge in [0.1, 0.15) is 6.10 Å². The number of rotatable bonds is 2. The minimum atomic E-state index is -0.817. The number of hydrogen-bond acceptors (Lipinski definition) is 3. The SMILES string of the molecule is CC(C)(C)c1[nH]c(=O)[nH]c1C(O)CN. The van der Waals surface area contributed by atoms with Crippen LogP contribution in [0.25, 0.3) is 0 Å². The fourth-order valence-electron chi connectivity index (χ4n) is 1.36. The van der Waals surface area contributed by atoms with E-state index < -0.39 is 6.10 Å². The summed E-state index contributed by atoms with van der Waals surface area (Å²) < 4.78 is 0. The number of nitrogens with two attached hydrogens (primary N) is 1. The van der Waals surface area contributed by atoms with Gasteiger partial charge in [-0.15, -0.1) is 0 Å². The third kappa shape index (κ3) is 2.05. The molecule has 1 heterocycles. The van der Waals surface area contributed by atoms with Crippen molar-refractivity contribution >= 4 is 0 Å². The van der Waals surface area contributed by atoms with E-state index in [1.165, 1.54) is 0 Å². The van der Waals surface area contributed by atoms with Crippen LogP contribution in [0, 0.1) is 0 Å². The van der Waals surface area contributed by atoms with E-state index in [1.807, 2.05) is 20.8 Å². The molecule has 1 atom stereocenters. The van der Waals surface area contributed by atoms with Crippen molar-refractivity contribution in [2.24, 2.45) is 5.73 Å². The monoisotopic (exact) mass is 199 g/mol. The van der Waals surface area contributed by atoms with E-state index in [0.29, 0.717) is 11.4 Å². The van der Waals surface area contributed by atoms with Gasteiger partial charge in [-0.05, 0) is 0 Å². The molecular weight excluding hydrogens is 182 g/mol. The molecule has 0 aromatic carbocycles. The van der Waals surface area contributed by atoms with Gasteiger partial charge >= 0.3 is 5.69 Å². The third-order valence-electron chi connectivity index (χ3n) is 2.06. The van der Waals surface area contributed by atoms with Gasteiger partial charge in [-0.25, -0.2) is 4.79 Å². The van der Waals surface area contributed by atoms with Gasteiger partial charge in [0.05, 0.1) is 5.69 Å². The fourth-order valence-corrected chi connectivity index (χ4v) is 1.36. The maximum atomic E-state index is 11.1. The molecule has 5 N–H and O–H groups in total. The van der Waals surface area contributed by atoms with Crippen molar-refractivity contribution in [2.75, 3.05) is 6.54 Å². The fraction of sp³-hybridized carbons (Fsp3) is 0.667. The Kier molecular flexibility index (Phi) is 2.82. The van der Waals surface area contributed by atoms with Crippen molar-refractivity contribution in [3.63, 3.8) is 0 Å². The smallest absolute Gasteiger partial charge is 0.323 e. The van der Waals surface area contributed by atoms with Crippen molar-refractivity contribution in [1.82, 2.24) is 9.97 Å². The van der Waals surface area contributed by atoms with Gasteiger partial charge in [0.2, 0.25) is 0 Å². The lowest BCUT2D eigenvalue weighted by molar-refractivity contribution is 0.179. The molecule has 0 saturated heterocycles. The first-order chi connectivity index (χ1) is 6.36. The first kappa shape index (κ1) is 11.0. The number of H-pyrrole nitrogens is 2. The Hall–Kier alpha value is -1.07. The molecule has 5 nitrogen and oxygen atoms in total. The van der Waals surface area contributed by atoms with Gasteiger partial charge < -0.3 is 20.8 Å². The Morgan fingerprint density at radius 3 is 2.43 bits per heavy atom. The summed E-state index contributed by atoms with van der Waals surface area (Å²) in [5, 5.41) is 9.57. The first-order valence-electron chi connectivity index (χ1n) is 4.57. The van der Waals surface area contributed by atoms with E-state index in [9.17, 15) is 9.90 Å². The van der Waals surface area contributed by atoms with Crippen LogP contribution in [0.15, 0.2) is 4.79 Å². The van der Waals surface area contributed by atoms with Crippen LogP contribution in [0.4, 0.5) is 0 Å². The Labute approximate surface area is 82.3 Å². The second-order valence-corrected chi connectivity index (χ2v) is 4.37. The largest absolute Gasteiger partial charge is 0.385 e. The van der Waals surface area contributed by atoms with E-state index >= 15 is 0 Å². The quantitative estimate of drug-likeness (QED) is 0.539. The summed E-state index contributed by atoms with van der Waals surface area (Å²) in [6, 6.07) is 0. The lowest BCUT2D eigenvalue weighted by Crippen LogP contribution is -2.20. The summed E-state index contributed by atoms with van der Waals surface area (Å²) in [6.07, 6.45) is -0.817. The van der Waals surface area contributed by atoms with Gasteiger partial charge in [0.15, 0.2) is 0 Å². The second kappa shape index (κ2) is 3.59. The number of nitrogens with one attached hydrogen (secondary N) is 2. The molecule has 0 amide bonds. The highest BCUT2D eigenvalue weighted by atomic mass is 16.3. The van der Waals surface area contributed by atoms with Crippen LogP contribution in [0.2, 0.25) is 0 Å². The number of aliphatic hydroxyl groups is 1. The van der Waals surface area contributed by atoms with Crippen molar-refractivity contribution in [3.05, 3.63) is 21.9 Å². The average Bonchev–Trinajstić information content (AvgIpc) is 2.45. The van der Waals surface area contributed by atoms with E-state index in [-0.39, 0.29) is 17.6 Å². The highest BCUT2D eigenvalue weighted by Gasteiger charge is 2.24. The third-order valence-corrected chi connectivity index (χ3v) is 2.06. The van der Waals surface area contributed by atoms with Crippen LogP contribution in [0.5, 0.6) is 0 Å². The van der Waals surface area contributed by atoms with Crippen LogP contribution < -0.4 is 11.4 Å². The van der Waals surface area contributed by atoms with Crippen molar-refractivity contribution in [1.29, 1.82) is 0 Å². The minimum Gasteiger partial charge on any atom is -0.385 e. The molecule has 0 radical (unpaired) electrons. The summed E-state index contributed by atoms with van der Waals surface area (Å²) in [4.78, 5) is 16.3. The van der Waals surface area contributed by atoms with Gasteiger partial charge in [-0.3, -0.25) is 0 Å². The van der Waals surface area contributed by atoms with Crippen LogP contribution in [0.3, 0.4) is 0 Å². The number of hydrogen-bond donors (Lipinski definition) is 4. The molecule has 0 aliphatic carbocycles. The zero-order valence-corrected chi connectivity index (χ0v) is 8.72. The van der Waals surface area contributed by atoms with Gasteiger partial charge in [-0.2, -0.15) is 0 Å². The van der Waals surface area contributed by atoms with E-state index in [1.54, 1.807) is 0 Å². The molecule has 14 heavy (non-hydrogen) atoms. The molecule has 1 unspecified atom stereocenters. The predicted molar refractivity (Wildman–Crippen MR) is 54.1 cm³/mol. The topological polar surface area (TPSA) is 94.9 Å². The average molecular weight is 199 g/mol. The summed E-state index contributed by atoms with van der Waals surface area (Å²) >= 11 is 0. The van der Waals surface area contributed by atoms with E-state index in [2.05, 4.69) is 9.97 Å². The zero-order chi connectivity index (χ0) is 10.9. The standard InChI is InChI=1S/C9H17N3O2/c1-9(2,3)7-6(5(13)4-10)11-8(14)12-7/h5,13H,4,10H2,1-3H3,(H2,11,12,14). The molecule has 0 bridgehead atoms.